The average molecular weight is 1130 g/mol. The van der Waals surface area contributed by atoms with Crippen molar-refractivity contribution in [1.29, 1.82) is 0 Å². The quantitative estimate of drug-likeness (QED) is 0.0204. The first-order valence-electron chi connectivity index (χ1n) is 31.8. The molecular formula is C66H115NO13. The summed E-state index contributed by atoms with van der Waals surface area (Å²) in [4.78, 5) is 13.2. The monoisotopic (exact) mass is 1130 g/mol. The zero-order valence-electron chi connectivity index (χ0n) is 49.8. The SMILES string of the molecule is CC/C=C\C/C=C\C/C=C\C/C=C\C/C=C\CCCCCCCCCCCCCCCCCCCCCCCCCC(=O)NC(COC1OC(CO)C(OC2OC(CO)C(O)C(O)C2O)C(O)C1O)C(O)/C=C/CC/C=C/CCC. The molecule has 0 radical (unpaired) electrons. The van der Waals surface area contributed by atoms with E-state index in [2.05, 4.69) is 92.1 Å². The Hall–Kier alpha value is -2.83. The predicted octanol–water partition coefficient (Wildman–Crippen LogP) is 11.7. The van der Waals surface area contributed by atoms with Crippen LogP contribution >= 0.6 is 0 Å². The lowest BCUT2D eigenvalue weighted by Gasteiger charge is -2.46. The van der Waals surface area contributed by atoms with Crippen molar-refractivity contribution in [2.24, 2.45) is 0 Å². The molecule has 0 aliphatic carbocycles. The number of rotatable bonds is 50. The van der Waals surface area contributed by atoms with E-state index in [0.717, 1.165) is 70.6 Å². The number of hydrogen-bond acceptors (Lipinski definition) is 13. The smallest absolute Gasteiger partial charge is 0.220 e. The fourth-order valence-corrected chi connectivity index (χ4v) is 9.99. The van der Waals surface area contributed by atoms with E-state index >= 15 is 0 Å². The number of carbonyl (C=O) groups is 1. The normalized spacial score (nSPS) is 24.8. The van der Waals surface area contributed by atoms with Gasteiger partial charge < -0.3 is 65.1 Å². The second-order valence-corrected chi connectivity index (χ2v) is 22.1. The molecule has 12 atom stereocenters. The summed E-state index contributed by atoms with van der Waals surface area (Å²) in [6.45, 7) is 2.54. The average Bonchev–Trinajstić information content (AvgIpc) is 3.48. The van der Waals surface area contributed by atoms with Gasteiger partial charge in [0.05, 0.1) is 32.0 Å². The molecular weight excluding hydrogens is 1010 g/mol. The van der Waals surface area contributed by atoms with Gasteiger partial charge in [-0.15, -0.1) is 0 Å². The zero-order valence-corrected chi connectivity index (χ0v) is 49.8. The molecule has 0 aromatic heterocycles. The maximum atomic E-state index is 13.2. The van der Waals surface area contributed by atoms with Crippen LogP contribution in [0.4, 0.5) is 0 Å². The number of hydrogen-bond donors (Lipinski definition) is 9. The molecule has 2 aliphatic heterocycles. The van der Waals surface area contributed by atoms with Crippen LogP contribution in [0.2, 0.25) is 0 Å². The molecule has 2 heterocycles. The van der Waals surface area contributed by atoms with Gasteiger partial charge in [-0.2, -0.15) is 0 Å². The maximum absolute atomic E-state index is 13.2. The first-order chi connectivity index (χ1) is 39.1. The van der Waals surface area contributed by atoms with Gasteiger partial charge in [0.1, 0.15) is 48.8 Å². The minimum absolute atomic E-state index is 0.253. The van der Waals surface area contributed by atoms with Crippen molar-refractivity contribution < 1.29 is 64.6 Å². The number of allylic oxidation sites excluding steroid dienone is 13. The number of ether oxygens (including phenoxy) is 4. The van der Waals surface area contributed by atoms with E-state index in [9.17, 15) is 45.6 Å². The fourth-order valence-electron chi connectivity index (χ4n) is 9.99. The van der Waals surface area contributed by atoms with Crippen LogP contribution in [0.5, 0.6) is 0 Å². The standard InChI is InChI=1S/C66H115NO13/c1-3-5-7-9-11-12-13-14-15-16-17-18-19-20-21-22-23-24-25-26-27-28-29-30-31-32-33-34-35-36-37-38-39-40-41-42-44-46-48-50-58(71)67-54(55(70)49-47-45-43-10-8-6-4-2)53-77-65-63(76)61(74)64(57(52-69)79-65)80-66-62(75)60(73)59(72)56(51-68)78-66/h5,7-8,10-12,14-15,17-18,20-21,47,49,54-57,59-66,68-70,72-76H,3-4,6,9,13,16,19,22-46,48,50-53H2,1-2H3,(H,67,71)/b7-5-,10-8+,12-11-,15-14-,18-17-,21-20-,49-47+. The topological polar surface area (TPSA) is 228 Å². The van der Waals surface area contributed by atoms with Gasteiger partial charge in [0.25, 0.3) is 0 Å². The van der Waals surface area contributed by atoms with Crippen LogP contribution in [0, 0.1) is 0 Å². The lowest BCUT2D eigenvalue weighted by atomic mass is 9.97. The van der Waals surface area contributed by atoms with Crippen LogP contribution < -0.4 is 5.32 Å². The molecule has 14 nitrogen and oxygen atoms in total. The van der Waals surface area contributed by atoms with Crippen molar-refractivity contribution >= 4 is 5.91 Å². The summed E-state index contributed by atoms with van der Waals surface area (Å²) in [5.41, 5.74) is 0. The van der Waals surface area contributed by atoms with Crippen molar-refractivity contribution in [3.63, 3.8) is 0 Å². The number of nitrogens with one attached hydrogen (secondary N) is 1. The number of aliphatic hydroxyl groups is 8. The summed E-state index contributed by atoms with van der Waals surface area (Å²) in [7, 11) is 0. The van der Waals surface area contributed by atoms with Crippen LogP contribution in [-0.2, 0) is 23.7 Å². The molecule has 0 aromatic rings. The minimum atomic E-state index is -1.79. The fraction of sp³-hybridized carbons (Fsp3) is 0.773. The van der Waals surface area contributed by atoms with Crippen molar-refractivity contribution in [3.8, 4) is 0 Å². The van der Waals surface area contributed by atoms with Crippen LogP contribution in [-0.4, -0.2) is 140 Å². The summed E-state index contributed by atoms with van der Waals surface area (Å²) >= 11 is 0. The zero-order chi connectivity index (χ0) is 58.1. The highest BCUT2D eigenvalue weighted by atomic mass is 16.7. The van der Waals surface area contributed by atoms with Gasteiger partial charge in [-0.05, 0) is 70.6 Å². The van der Waals surface area contributed by atoms with E-state index in [0.29, 0.717) is 12.8 Å². The first-order valence-corrected chi connectivity index (χ1v) is 31.8. The highest BCUT2D eigenvalue weighted by Gasteiger charge is 2.51. The predicted molar refractivity (Wildman–Crippen MR) is 323 cm³/mol. The Kier molecular flexibility index (Phi) is 46.4. The molecule has 9 N–H and O–H groups in total. The lowest BCUT2D eigenvalue weighted by molar-refractivity contribution is -0.359. The van der Waals surface area contributed by atoms with Gasteiger partial charge in [-0.3, -0.25) is 4.79 Å². The summed E-state index contributed by atoms with van der Waals surface area (Å²) in [6.07, 6.45) is 52.9. The van der Waals surface area contributed by atoms with Crippen molar-refractivity contribution in [2.45, 2.75) is 306 Å². The minimum Gasteiger partial charge on any atom is -0.394 e. The van der Waals surface area contributed by atoms with Crippen LogP contribution in [0.15, 0.2) is 85.1 Å². The third-order valence-corrected chi connectivity index (χ3v) is 15.0. The second kappa shape index (κ2) is 50.7. The molecule has 0 bridgehead atoms. The van der Waals surface area contributed by atoms with Gasteiger partial charge >= 0.3 is 0 Å². The Morgan fingerprint density at radius 2 is 0.875 bits per heavy atom. The highest BCUT2D eigenvalue weighted by molar-refractivity contribution is 5.76. The Bertz CT molecular complexity index is 1660. The number of carbonyl (C=O) groups excluding carboxylic acids is 1. The lowest BCUT2D eigenvalue weighted by Crippen LogP contribution is -2.65. The maximum Gasteiger partial charge on any atom is 0.220 e. The van der Waals surface area contributed by atoms with Crippen LogP contribution in [0.1, 0.15) is 232 Å². The van der Waals surface area contributed by atoms with Gasteiger partial charge in [-0.1, -0.05) is 240 Å². The third-order valence-electron chi connectivity index (χ3n) is 15.0. The highest BCUT2D eigenvalue weighted by Crippen LogP contribution is 2.30. The van der Waals surface area contributed by atoms with Crippen LogP contribution in [0.25, 0.3) is 0 Å². The number of unbranched alkanes of at least 4 members (excludes halogenated alkanes) is 25. The molecule has 2 rings (SSSR count). The molecule has 0 aromatic carbocycles. The third kappa shape index (κ3) is 35.3. The van der Waals surface area contributed by atoms with Crippen molar-refractivity contribution in [2.75, 3.05) is 19.8 Å². The molecule has 12 unspecified atom stereocenters. The summed E-state index contributed by atoms with van der Waals surface area (Å²) in [6, 6.07) is -0.929. The van der Waals surface area contributed by atoms with E-state index in [4.69, 9.17) is 18.9 Å². The Labute approximate surface area is 484 Å². The van der Waals surface area contributed by atoms with E-state index < -0.39 is 86.8 Å². The summed E-state index contributed by atoms with van der Waals surface area (Å²) in [5, 5.41) is 86.6. The first kappa shape index (κ1) is 73.3. The van der Waals surface area contributed by atoms with E-state index in [1.54, 1.807) is 6.08 Å². The van der Waals surface area contributed by atoms with Crippen molar-refractivity contribution in [1.82, 2.24) is 5.32 Å². The van der Waals surface area contributed by atoms with E-state index in [1.165, 1.54) is 128 Å². The van der Waals surface area contributed by atoms with E-state index in [1.807, 2.05) is 6.08 Å². The molecule has 0 saturated carbocycles. The van der Waals surface area contributed by atoms with Gasteiger partial charge in [0, 0.05) is 6.42 Å². The summed E-state index contributed by atoms with van der Waals surface area (Å²) in [5.74, 6) is -0.253. The molecule has 2 fully saturated rings. The Morgan fingerprint density at radius 3 is 1.36 bits per heavy atom. The van der Waals surface area contributed by atoms with Gasteiger partial charge in [0.15, 0.2) is 12.6 Å². The Morgan fingerprint density at radius 1 is 0.463 bits per heavy atom. The largest absolute Gasteiger partial charge is 0.394 e. The Balaban J connectivity index is 1.50. The number of aliphatic hydroxyl groups excluding tert-OH is 8. The molecule has 0 spiro atoms. The molecule has 1 amide bonds. The van der Waals surface area contributed by atoms with Gasteiger partial charge in [-0.25, -0.2) is 0 Å². The molecule has 462 valence electrons. The van der Waals surface area contributed by atoms with Crippen LogP contribution in [0.3, 0.4) is 0 Å². The molecule has 2 saturated heterocycles. The van der Waals surface area contributed by atoms with Crippen molar-refractivity contribution in [3.05, 3.63) is 85.1 Å². The number of amides is 1. The van der Waals surface area contributed by atoms with Gasteiger partial charge in [0.2, 0.25) is 5.91 Å². The molecule has 2 aliphatic rings. The summed E-state index contributed by atoms with van der Waals surface area (Å²) < 4.78 is 22.6. The molecule has 80 heavy (non-hydrogen) atoms. The second-order valence-electron chi connectivity index (χ2n) is 22.1. The van der Waals surface area contributed by atoms with E-state index in [-0.39, 0.29) is 18.9 Å². The molecule has 14 heteroatoms.